The summed E-state index contributed by atoms with van der Waals surface area (Å²) in [5.74, 6) is 1.20. The van der Waals surface area contributed by atoms with Crippen molar-refractivity contribution >= 4 is 5.84 Å². The van der Waals surface area contributed by atoms with Gasteiger partial charge in [-0.25, -0.2) is 0 Å². The van der Waals surface area contributed by atoms with E-state index < -0.39 is 0 Å². The van der Waals surface area contributed by atoms with Crippen LogP contribution in [0.5, 0.6) is 0 Å². The number of amidine groups is 1. The smallest absolute Gasteiger partial charge is 0.0963 e. The first-order valence-electron chi connectivity index (χ1n) is 4.33. The van der Waals surface area contributed by atoms with E-state index in [-0.39, 0.29) is 0 Å². The van der Waals surface area contributed by atoms with Gasteiger partial charge in [-0.2, -0.15) is 0 Å². The summed E-state index contributed by atoms with van der Waals surface area (Å²) in [4.78, 5) is 4.35. The van der Waals surface area contributed by atoms with Crippen molar-refractivity contribution in [3.8, 4) is 0 Å². The molecule has 1 aliphatic rings. The molecule has 2 N–H and O–H groups in total. The second-order valence-electron chi connectivity index (χ2n) is 4.21. The van der Waals surface area contributed by atoms with E-state index in [1.165, 1.54) is 12.8 Å². The van der Waals surface area contributed by atoms with Gasteiger partial charge in [-0.05, 0) is 18.3 Å². The van der Waals surface area contributed by atoms with Crippen LogP contribution in [0.1, 0.15) is 33.6 Å². The summed E-state index contributed by atoms with van der Waals surface area (Å²) in [5.41, 5.74) is 6.20. The molecule has 0 aromatic rings. The molecule has 0 spiro atoms. The first-order valence-corrected chi connectivity index (χ1v) is 4.33. The summed E-state index contributed by atoms with van der Waals surface area (Å²) in [6.45, 7) is 7.35. The van der Waals surface area contributed by atoms with Crippen LogP contribution in [0.25, 0.3) is 0 Å². The average Bonchev–Trinajstić information content (AvgIpc) is 2.64. The highest BCUT2D eigenvalue weighted by atomic mass is 14.9. The average molecular weight is 154 g/mol. The van der Waals surface area contributed by atoms with Crippen LogP contribution in [0.15, 0.2) is 4.99 Å². The second-order valence-corrected chi connectivity index (χ2v) is 4.21. The van der Waals surface area contributed by atoms with E-state index in [0.717, 1.165) is 12.4 Å². The minimum atomic E-state index is 0.400. The van der Waals surface area contributed by atoms with E-state index in [4.69, 9.17) is 5.73 Å². The van der Waals surface area contributed by atoms with E-state index >= 15 is 0 Å². The molecule has 1 rings (SSSR count). The number of nitrogens with two attached hydrogens (primary N) is 1. The Morgan fingerprint density at radius 2 is 2.09 bits per heavy atom. The molecule has 0 aromatic heterocycles. The molecule has 2 nitrogen and oxygen atoms in total. The number of hydrogen-bond donors (Lipinski definition) is 1. The van der Waals surface area contributed by atoms with Crippen molar-refractivity contribution in [3.63, 3.8) is 0 Å². The Morgan fingerprint density at radius 3 is 2.45 bits per heavy atom. The molecule has 0 aromatic carbocycles. The molecule has 0 atom stereocenters. The minimum absolute atomic E-state index is 0.400. The first kappa shape index (κ1) is 8.57. The molecule has 0 heterocycles. The minimum Gasteiger partial charge on any atom is -0.387 e. The highest BCUT2D eigenvalue weighted by molar-refractivity contribution is 5.82. The van der Waals surface area contributed by atoms with Crippen LogP contribution >= 0.6 is 0 Å². The normalized spacial score (nSPS) is 22.4. The summed E-state index contributed by atoms with van der Waals surface area (Å²) >= 11 is 0. The zero-order chi connectivity index (χ0) is 8.48. The lowest BCUT2D eigenvalue weighted by Crippen LogP contribution is -2.20. The van der Waals surface area contributed by atoms with Crippen LogP contribution in [-0.2, 0) is 0 Å². The Balaban J connectivity index is 2.34. The molecule has 0 radical (unpaired) electrons. The van der Waals surface area contributed by atoms with E-state index in [0.29, 0.717) is 11.3 Å². The van der Waals surface area contributed by atoms with Crippen molar-refractivity contribution in [2.24, 2.45) is 22.1 Å². The predicted molar refractivity (Wildman–Crippen MR) is 48.7 cm³/mol. The maximum atomic E-state index is 5.70. The summed E-state index contributed by atoms with van der Waals surface area (Å²) in [6.07, 6.45) is 2.64. The number of aliphatic imine (C=N–C) groups is 1. The summed E-state index contributed by atoms with van der Waals surface area (Å²) in [6, 6.07) is 0. The topological polar surface area (TPSA) is 38.4 Å². The lowest BCUT2D eigenvalue weighted by Gasteiger charge is -2.06. The van der Waals surface area contributed by atoms with Crippen molar-refractivity contribution in [2.75, 3.05) is 6.54 Å². The van der Waals surface area contributed by atoms with E-state index in [1.807, 2.05) is 0 Å². The fourth-order valence-corrected chi connectivity index (χ4v) is 0.836. The molecule has 1 aliphatic carbocycles. The highest BCUT2D eigenvalue weighted by Crippen LogP contribution is 2.44. The molecule has 2 heteroatoms. The Morgan fingerprint density at radius 1 is 1.55 bits per heavy atom. The zero-order valence-electron chi connectivity index (χ0n) is 7.72. The molecule has 11 heavy (non-hydrogen) atoms. The number of hydrogen-bond acceptors (Lipinski definition) is 1. The van der Waals surface area contributed by atoms with Crippen molar-refractivity contribution in [1.29, 1.82) is 0 Å². The van der Waals surface area contributed by atoms with Gasteiger partial charge in [0.1, 0.15) is 0 Å². The number of nitrogens with zero attached hydrogens (tertiary/aromatic N) is 1. The van der Waals surface area contributed by atoms with Crippen LogP contribution in [-0.4, -0.2) is 12.4 Å². The van der Waals surface area contributed by atoms with Crippen LogP contribution in [0, 0.1) is 11.3 Å². The Hall–Kier alpha value is -0.530. The van der Waals surface area contributed by atoms with Gasteiger partial charge in [0.25, 0.3) is 0 Å². The van der Waals surface area contributed by atoms with Gasteiger partial charge in [0, 0.05) is 12.5 Å². The van der Waals surface area contributed by atoms with Crippen molar-refractivity contribution in [1.82, 2.24) is 0 Å². The molecular weight excluding hydrogens is 136 g/mol. The Bertz CT molecular complexity index is 166. The molecule has 64 valence electrons. The fraction of sp³-hybridized carbons (Fsp3) is 0.889. The molecule has 1 fully saturated rings. The van der Waals surface area contributed by atoms with Gasteiger partial charge >= 0.3 is 0 Å². The number of rotatable bonds is 3. The molecule has 0 amide bonds. The van der Waals surface area contributed by atoms with Gasteiger partial charge in [0.05, 0.1) is 5.84 Å². The van der Waals surface area contributed by atoms with Crippen LogP contribution < -0.4 is 5.73 Å². The third-order valence-corrected chi connectivity index (χ3v) is 2.34. The third-order valence-electron chi connectivity index (χ3n) is 2.34. The monoisotopic (exact) mass is 154 g/mol. The Labute approximate surface area is 68.9 Å². The second kappa shape index (κ2) is 2.84. The van der Waals surface area contributed by atoms with Crippen molar-refractivity contribution in [3.05, 3.63) is 0 Å². The van der Waals surface area contributed by atoms with Gasteiger partial charge in [-0.1, -0.05) is 20.8 Å². The van der Waals surface area contributed by atoms with Crippen LogP contribution in [0.3, 0.4) is 0 Å². The standard InChI is InChI=1S/C9H18N2/c1-7(2)8(10)11-6-9(3)4-5-9/h7H,4-6H2,1-3H3,(H2,10,11). The van der Waals surface area contributed by atoms with E-state index in [2.05, 4.69) is 25.8 Å². The first-order chi connectivity index (χ1) is 5.03. The van der Waals surface area contributed by atoms with Crippen LogP contribution in [0.2, 0.25) is 0 Å². The van der Waals surface area contributed by atoms with E-state index in [1.54, 1.807) is 0 Å². The molecule has 1 saturated carbocycles. The third kappa shape index (κ3) is 2.52. The van der Waals surface area contributed by atoms with E-state index in [9.17, 15) is 0 Å². The zero-order valence-corrected chi connectivity index (χ0v) is 7.72. The van der Waals surface area contributed by atoms with Crippen molar-refractivity contribution in [2.45, 2.75) is 33.6 Å². The summed E-state index contributed by atoms with van der Waals surface area (Å²) in [7, 11) is 0. The maximum Gasteiger partial charge on any atom is 0.0963 e. The van der Waals surface area contributed by atoms with Gasteiger partial charge < -0.3 is 5.73 Å². The lowest BCUT2D eigenvalue weighted by atomic mass is 10.1. The van der Waals surface area contributed by atoms with Gasteiger partial charge in [0.15, 0.2) is 0 Å². The quantitative estimate of drug-likeness (QED) is 0.488. The van der Waals surface area contributed by atoms with Crippen LogP contribution in [0.4, 0.5) is 0 Å². The largest absolute Gasteiger partial charge is 0.387 e. The maximum absolute atomic E-state index is 5.70. The molecule has 0 saturated heterocycles. The van der Waals surface area contributed by atoms with Gasteiger partial charge in [0.2, 0.25) is 0 Å². The molecule has 0 bridgehead atoms. The lowest BCUT2D eigenvalue weighted by molar-refractivity contribution is 0.587. The van der Waals surface area contributed by atoms with Crippen molar-refractivity contribution < 1.29 is 0 Å². The highest BCUT2D eigenvalue weighted by Gasteiger charge is 2.36. The fourth-order valence-electron chi connectivity index (χ4n) is 0.836. The summed E-state index contributed by atoms with van der Waals surface area (Å²) in [5, 5.41) is 0. The van der Waals surface area contributed by atoms with Gasteiger partial charge in [-0.15, -0.1) is 0 Å². The predicted octanol–water partition coefficient (Wildman–Crippen LogP) is 1.80. The molecule has 0 unspecified atom stereocenters. The van der Waals surface area contributed by atoms with Gasteiger partial charge in [-0.3, -0.25) is 4.99 Å². The SMILES string of the molecule is CC(C)C(N)=NCC1(C)CC1. The molecule has 0 aliphatic heterocycles. The summed E-state index contributed by atoms with van der Waals surface area (Å²) < 4.78 is 0. The molecular formula is C9H18N2. The Kier molecular flexibility index (Phi) is 2.21.